The molecule has 0 aromatic carbocycles. The van der Waals surface area contributed by atoms with Gasteiger partial charge in [0.25, 0.3) is 5.91 Å². The minimum absolute atomic E-state index is 0.0102. The maximum Gasteiger partial charge on any atom is 0.306 e. The van der Waals surface area contributed by atoms with Gasteiger partial charge in [-0.15, -0.1) is 0 Å². The van der Waals surface area contributed by atoms with Gasteiger partial charge in [0.1, 0.15) is 5.69 Å². The highest BCUT2D eigenvalue weighted by atomic mass is 16.2. The van der Waals surface area contributed by atoms with Crippen LogP contribution in [0.15, 0.2) is 12.3 Å². The number of nitrogens with zero attached hydrogens (tertiary/aromatic N) is 1. The third-order valence-electron chi connectivity index (χ3n) is 2.68. The Morgan fingerprint density at radius 2 is 2.57 bits per heavy atom. The molecule has 1 atom stereocenters. The molecule has 4 nitrogen and oxygen atoms in total. The molecule has 74 valence electrons. The molecule has 1 aliphatic heterocycles. The Morgan fingerprint density at radius 1 is 1.79 bits per heavy atom. The summed E-state index contributed by atoms with van der Waals surface area (Å²) in [7, 11) is -0.0102. The van der Waals surface area contributed by atoms with E-state index in [1.165, 1.54) is 0 Å². The lowest BCUT2D eigenvalue weighted by molar-refractivity contribution is 0.0914. The van der Waals surface area contributed by atoms with Crippen molar-refractivity contribution in [2.24, 2.45) is 0 Å². The second kappa shape index (κ2) is 3.50. The largest absolute Gasteiger partial charge is 0.449 e. The van der Waals surface area contributed by atoms with Crippen LogP contribution in [0.4, 0.5) is 0 Å². The van der Waals surface area contributed by atoms with Gasteiger partial charge in [-0.1, -0.05) is 6.92 Å². The zero-order valence-electron chi connectivity index (χ0n) is 8.16. The van der Waals surface area contributed by atoms with E-state index in [9.17, 15) is 4.79 Å². The summed E-state index contributed by atoms with van der Waals surface area (Å²) in [6, 6.07) is 2.07. The van der Waals surface area contributed by atoms with E-state index in [0.717, 1.165) is 11.9 Å². The number of carbonyl (C=O) groups is 1. The summed E-state index contributed by atoms with van der Waals surface area (Å²) in [5.41, 5.74) is 1.46. The van der Waals surface area contributed by atoms with Crippen molar-refractivity contribution in [3.8, 4) is 0 Å². The second-order valence-electron chi connectivity index (χ2n) is 3.57. The first kappa shape index (κ1) is 9.33. The Balaban J connectivity index is 2.43. The lowest BCUT2D eigenvalue weighted by Gasteiger charge is -2.25. The average molecular weight is 192 g/mol. The molecule has 2 heterocycles. The summed E-state index contributed by atoms with van der Waals surface area (Å²) in [6.07, 6.45) is 2.84. The van der Waals surface area contributed by atoms with E-state index in [2.05, 4.69) is 12.2 Å². The monoisotopic (exact) mass is 192 g/mol. The van der Waals surface area contributed by atoms with E-state index >= 15 is 0 Å². The average Bonchev–Trinajstić information content (AvgIpc) is 2.63. The maximum atomic E-state index is 11.5. The van der Waals surface area contributed by atoms with Gasteiger partial charge in [-0.3, -0.25) is 4.79 Å². The van der Waals surface area contributed by atoms with Crippen molar-refractivity contribution < 1.29 is 9.82 Å². The highest BCUT2D eigenvalue weighted by Gasteiger charge is 2.23. The molecule has 0 fully saturated rings. The molecule has 1 amide bonds. The molecule has 0 saturated carbocycles. The third-order valence-corrected chi connectivity index (χ3v) is 2.68. The first-order valence-electron chi connectivity index (χ1n) is 4.86. The molecule has 5 heteroatoms. The molecule has 1 aliphatic rings. The number of nitrogens with one attached hydrogen (secondary N) is 1. The summed E-state index contributed by atoms with van der Waals surface area (Å²) in [5.74, 6) is -0.0469. The van der Waals surface area contributed by atoms with Gasteiger partial charge in [-0.25, -0.2) is 0 Å². The van der Waals surface area contributed by atoms with Gasteiger partial charge >= 0.3 is 7.48 Å². The molecule has 2 rings (SSSR count). The lowest BCUT2D eigenvalue weighted by Crippen LogP contribution is -2.38. The molecule has 2 N–H and O–H groups in total. The zero-order valence-corrected chi connectivity index (χ0v) is 8.16. The van der Waals surface area contributed by atoms with Gasteiger partial charge in [0.2, 0.25) is 0 Å². The Labute approximate surface area is 83.2 Å². The number of hydrogen-bond donors (Lipinski definition) is 2. The standard InChI is InChI=1S/C9H13BN2O2/c1-2-7-4-11-9(13)8-3-6(10-14)5-12(7)8/h3,5,7,10,14H,2,4H2,1H3,(H,11,13). The second-order valence-corrected chi connectivity index (χ2v) is 3.57. The van der Waals surface area contributed by atoms with Gasteiger partial charge in [-0.05, 0) is 17.9 Å². The molecule has 1 aromatic heterocycles. The summed E-state index contributed by atoms with van der Waals surface area (Å²) >= 11 is 0. The first-order valence-corrected chi connectivity index (χ1v) is 4.86. The summed E-state index contributed by atoms with van der Waals surface area (Å²) in [4.78, 5) is 11.5. The van der Waals surface area contributed by atoms with Gasteiger partial charge < -0.3 is 14.9 Å². The normalized spacial score (nSPS) is 20.1. The zero-order chi connectivity index (χ0) is 10.1. The van der Waals surface area contributed by atoms with E-state index in [0.29, 0.717) is 18.3 Å². The Morgan fingerprint density at radius 3 is 3.21 bits per heavy atom. The van der Waals surface area contributed by atoms with Crippen molar-refractivity contribution in [2.75, 3.05) is 6.54 Å². The van der Waals surface area contributed by atoms with E-state index in [-0.39, 0.29) is 13.4 Å². The smallest absolute Gasteiger partial charge is 0.306 e. The molecule has 0 spiro atoms. The van der Waals surface area contributed by atoms with E-state index < -0.39 is 0 Å². The molecule has 14 heavy (non-hydrogen) atoms. The fourth-order valence-electron chi connectivity index (χ4n) is 1.85. The van der Waals surface area contributed by atoms with Gasteiger partial charge in [0.15, 0.2) is 0 Å². The molecule has 0 radical (unpaired) electrons. The number of rotatable bonds is 2. The van der Waals surface area contributed by atoms with Gasteiger partial charge in [0.05, 0.1) is 6.04 Å². The van der Waals surface area contributed by atoms with Crippen LogP contribution in [0.3, 0.4) is 0 Å². The maximum absolute atomic E-state index is 11.5. The number of hydrogen-bond acceptors (Lipinski definition) is 2. The van der Waals surface area contributed by atoms with Crippen LogP contribution in [0.5, 0.6) is 0 Å². The quantitative estimate of drug-likeness (QED) is 0.599. The molecule has 0 bridgehead atoms. The minimum Gasteiger partial charge on any atom is -0.449 e. The molecular weight excluding hydrogens is 179 g/mol. The predicted molar refractivity (Wildman–Crippen MR) is 55.1 cm³/mol. The Kier molecular flexibility index (Phi) is 2.33. The lowest BCUT2D eigenvalue weighted by atomic mass is 9.92. The molecular formula is C9H13BN2O2. The molecule has 0 aliphatic carbocycles. The number of carbonyl (C=O) groups excluding carboxylic acids is 1. The summed E-state index contributed by atoms with van der Waals surface area (Å²) in [6.45, 7) is 2.77. The number of fused-ring (bicyclic) bond motifs is 1. The molecule has 0 saturated heterocycles. The Bertz CT molecular complexity index is 362. The highest BCUT2D eigenvalue weighted by molar-refractivity contribution is 6.45. The Hall–Kier alpha value is -1.23. The fraction of sp³-hybridized carbons (Fsp3) is 0.444. The summed E-state index contributed by atoms with van der Waals surface area (Å²) in [5, 5.41) is 11.8. The summed E-state index contributed by atoms with van der Waals surface area (Å²) < 4.78 is 1.96. The van der Waals surface area contributed by atoms with Crippen molar-refractivity contribution >= 4 is 18.9 Å². The third kappa shape index (κ3) is 1.33. The van der Waals surface area contributed by atoms with Crippen LogP contribution < -0.4 is 10.8 Å². The van der Waals surface area contributed by atoms with Crippen molar-refractivity contribution in [3.63, 3.8) is 0 Å². The van der Waals surface area contributed by atoms with E-state index in [1.807, 2.05) is 10.8 Å². The number of amides is 1. The van der Waals surface area contributed by atoms with Crippen LogP contribution >= 0.6 is 0 Å². The topological polar surface area (TPSA) is 54.3 Å². The van der Waals surface area contributed by atoms with Crippen molar-refractivity contribution in [1.29, 1.82) is 0 Å². The highest BCUT2D eigenvalue weighted by Crippen LogP contribution is 2.17. The van der Waals surface area contributed by atoms with E-state index in [1.54, 1.807) is 6.07 Å². The van der Waals surface area contributed by atoms with Crippen LogP contribution in [-0.2, 0) is 0 Å². The first-order chi connectivity index (χ1) is 6.76. The van der Waals surface area contributed by atoms with Crippen LogP contribution in [0.1, 0.15) is 29.9 Å². The van der Waals surface area contributed by atoms with Crippen LogP contribution in [0.2, 0.25) is 0 Å². The predicted octanol–water partition coefficient (Wildman–Crippen LogP) is -0.848. The molecule has 1 unspecified atom stereocenters. The van der Waals surface area contributed by atoms with Gasteiger partial charge in [-0.2, -0.15) is 0 Å². The van der Waals surface area contributed by atoms with Crippen LogP contribution in [0, 0.1) is 0 Å². The molecule has 1 aromatic rings. The minimum atomic E-state index is -0.0469. The van der Waals surface area contributed by atoms with Crippen LogP contribution in [-0.4, -0.2) is 29.5 Å². The van der Waals surface area contributed by atoms with Gasteiger partial charge in [0, 0.05) is 12.7 Å². The van der Waals surface area contributed by atoms with Crippen LogP contribution in [0.25, 0.3) is 0 Å². The number of aromatic nitrogens is 1. The van der Waals surface area contributed by atoms with Crippen molar-refractivity contribution in [2.45, 2.75) is 19.4 Å². The SMILES string of the molecule is CCC1CNC(=O)c2cc(BO)cn21. The van der Waals surface area contributed by atoms with Crippen molar-refractivity contribution in [3.05, 3.63) is 18.0 Å². The van der Waals surface area contributed by atoms with E-state index in [4.69, 9.17) is 5.02 Å². The fourth-order valence-corrected chi connectivity index (χ4v) is 1.85. The van der Waals surface area contributed by atoms with Crippen molar-refractivity contribution in [1.82, 2.24) is 9.88 Å².